The second-order valence-electron chi connectivity index (χ2n) is 6.16. The highest BCUT2D eigenvalue weighted by atomic mass is 32.1. The summed E-state index contributed by atoms with van der Waals surface area (Å²) in [5.74, 6) is 0.952. The first-order valence-electron chi connectivity index (χ1n) is 8.25. The van der Waals surface area contributed by atoms with E-state index >= 15 is 0 Å². The first-order valence-corrected chi connectivity index (χ1v) is 9.19. The highest BCUT2D eigenvalue weighted by molar-refractivity contribution is 7.07. The first-order chi connectivity index (χ1) is 10.2. The summed E-state index contributed by atoms with van der Waals surface area (Å²) >= 11 is 1.71. The van der Waals surface area contributed by atoms with E-state index in [4.69, 9.17) is 5.73 Å². The van der Waals surface area contributed by atoms with E-state index in [0.29, 0.717) is 24.3 Å². The molecule has 3 nitrogen and oxygen atoms in total. The summed E-state index contributed by atoms with van der Waals surface area (Å²) < 4.78 is 0. The zero-order valence-corrected chi connectivity index (χ0v) is 13.9. The highest BCUT2D eigenvalue weighted by Crippen LogP contribution is 2.30. The highest BCUT2D eigenvalue weighted by Gasteiger charge is 2.32. The summed E-state index contributed by atoms with van der Waals surface area (Å²) in [6.45, 7) is 3.74. The Labute approximate surface area is 132 Å². The lowest BCUT2D eigenvalue weighted by atomic mass is 9.94. The molecule has 1 unspecified atom stereocenters. The smallest absolute Gasteiger partial charge is 0.223 e. The normalized spacial score (nSPS) is 15.9. The van der Waals surface area contributed by atoms with Crippen molar-refractivity contribution in [2.24, 2.45) is 11.7 Å². The van der Waals surface area contributed by atoms with Crippen LogP contribution in [-0.2, 0) is 11.3 Å². The lowest BCUT2D eigenvalue weighted by Gasteiger charge is -2.23. The third kappa shape index (κ3) is 5.44. The van der Waals surface area contributed by atoms with E-state index in [9.17, 15) is 4.79 Å². The Hall–Kier alpha value is -0.870. The maximum Gasteiger partial charge on any atom is 0.223 e. The van der Waals surface area contributed by atoms with Crippen LogP contribution in [0.3, 0.4) is 0 Å². The molecule has 1 aliphatic rings. The van der Waals surface area contributed by atoms with Gasteiger partial charge in [0.2, 0.25) is 5.91 Å². The van der Waals surface area contributed by atoms with E-state index in [1.54, 1.807) is 11.3 Å². The standard InChI is InChI=1S/C17H28N2OS/c1-2-3-14(8-10-18)4-7-17(20)19(16-5-6-16)12-15-9-11-21-13-15/h9,11,13-14,16H,2-8,10,12,18H2,1H3. The Morgan fingerprint density at radius 3 is 2.81 bits per heavy atom. The summed E-state index contributed by atoms with van der Waals surface area (Å²) in [7, 11) is 0. The topological polar surface area (TPSA) is 46.3 Å². The van der Waals surface area contributed by atoms with Crippen LogP contribution in [0.1, 0.15) is 57.4 Å². The molecule has 2 N–H and O–H groups in total. The fraction of sp³-hybridized carbons (Fsp3) is 0.706. The van der Waals surface area contributed by atoms with Crippen molar-refractivity contribution in [1.29, 1.82) is 0 Å². The monoisotopic (exact) mass is 308 g/mol. The molecule has 1 atom stereocenters. The van der Waals surface area contributed by atoms with Crippen molar-refractivity contribution in [2.75, 3.05) is 6.54 Å². The van der Waals surface area contributed by atoms with Gasteiger partial charge in [-0.2, -0.15) is 11.3 Å². The lowest BCUT2D eigenvalue weighted by molar-refractivity contribution is -0.132. The molecule has 1 aliphatic carbocycles. The molecule has 4 heteroatoms. The molecule has 0 radical (unpaired) electrons. The molecule has 0 bridgehead atoms. The second kappa shape index (κ2) is 8.54. The summed E-state index contributed by atoms with van der Waals surface area (Å²) in [4.78, 5) is 14.7. The molecule has 1 saturated carbocycles. The largest absolute Gasteiger partial charge is 0.335 e. The predicted molar refractivity (Wildman–Crippen MR) is 89.2 cm³/mol. The minimum atomic E-state index is 0.335. The van der Waals surface area contributed by atoms with Crippen molar-refractivity contribution in [3.8, 4) is 0 Å². The van der Waals surface area contributed by atoms with E-state index in [-0.39, 0.29) is 0 Å². The van der Waals surface area contributed by atoms with Crippen LogP contribution in [0, 0.1) is 5.92 Å². The van der Waals surface area contributed by atoms with Gasteiger partial charge < -0.3 is 10.6 Å². The number of amides is 1. The summed E-state index contributed by atoms with van der Waals surface area (Å²) in [5.41, 5.74) is 6.95. The van der Waals surface area contributed by atoms with Crippen LogP contribution in [0.2, 0.25) is 0 Å². The molecule has 0 spiro atoms. The van der Waals surface area contributed by atoms with Crippen LogP contribution in [0.5, 0.6) is 0 Å². The second-order valence-corrected chi connectivity index (χ2v) is 6.94. The zero-order valence-electron chi connectivity index (χ0n) is 13.1. The Kier molecular flexibility index (Phi) is 6.71. The predicted octanol–water partition coefficient (Wildman–Crippen LogP) is 3.78. The molecule has 1 heterocycles. The minimum Gasteiger partial charge on any atom is -0.335 e. The van der Waals surface area contributed by atoms with Crippen LogP contribution >= 0.6 is 11.3 Å². The van der Waals surface area contributed by atoms with E-state index in [1.807, 2.05) is 0 Å². The average molecular weight is 308 g/mol. The van der Waals surface area contributed by atoms with Crippen LogP contribution in [-0.4, -0.2) is 23.4 Å². The van der Waals surface area contributed by atoms with Gasteiger partial charge in [0.25, 0.3) is 0 Å². The molecule has 1 aromatic rings. The zero-order chi connectivity index (χ0) is 15.1. The lowest BCUT2D eigenvalue weighted by Crippen LogP contribution is -2.32. The molecular weight excluding hydrogens is 280 g/mol. The summed E-state index contributed by atoms with van der Waals surface area (Å²) in [5, 5.41) is 4.24. The molecule has 1 aromatic heterocycles. The van der Waals surface area contributed by atoms with Gasteiger partial charge in [0.1, 0.15) is 0 Å². The molecule has 1 amide bonds. The fourth-order valence-corrected chi connectivity index (χ4v) is 3.59. The number of hydrogen-bond acceptors (Lipinski definition) is 3. The number of hydrogen-bond donors (Lipinski definition) is 1. The Balaban J connectivity index is 1.83. The van der Waals surface area contributed by atoms with Crippen LogP contribution < -0.4 is 5.73 Å². The van der Waals surface area contributed by atoms with E-state index in [1.165, 1.54) is 31.2 Å². The number of carbonyl (C=O) groups excluding carboxylic acids is 1. The third-order valence-electron chi connectivity index (χ3n) is 4.28. The molecule has 0 aromatic carbocycles. The molecule has 0 saturated heterocycles. The number of nitrogens with two attached hydrogens (primary N) is 1. The SMILES string of the molecule is CCCC(CCN)CCC(=O)N(Cc1ccsc1)C1CC1. The maximum absolute atomic E-state index is 12.6. The molecule has 0 aliphatic heterocycles. The molecule has 118 valence electrons. The van der Waals surface area contributed by atoms with Gasteiger partial charge in [-0.25, -0.2) is 0 Å². The quantitative estimate of drug-likeness (QED) is 0.715. The maximum atomic E-state index is 12.6. The minimum absolute atomic E-state index is 0.335. The fourth-order valence-electron chi connectivity index (χ4n) is 2.93. The van der Waals surface area contributed by atoms with Crippen molar-refractivity contribution in [3.63, 3.8) is 0 Å². The van der Waals surface area contributed by atoms with Crippen molar-refractivity contribution in [3.05, 3.63) is 22.4 Å². The number of nitrogens with zero attached hydrogens (tertiary/aromatic N) is 1. The Morgan fingerprint density at radius 2 is 2.24 bits per heavy atom. The van der Waals surface area contributed by atoms with Crippen LogP contribution in [0.4, 0.5) is 0 Å². The summed E-state index contributed by atoms with van der Waals surface area (Å²) in [6, 6.07) is 2.62. The summed E-state index contributed by atoms with van der Waals surface area (Å²) in [6.07, 6.45) is 7.46. The van der Waals surface area contributed by atoms with Crippen molar-refractivity contribution < 1.29 is 4.79 Å². The molecular formula is C17H28N2OS. The van der Waals surface area contributed by atoms with Gasteiger partial charge in [0.05, 0.1) is 0 Å². The van der Waals surface area contributed by atoms with E-state index in [2.05, 4.69) is 28.7 Å². The number of thiophene rings is 1. The van der Waals surface area contributed by atoms with Gasteiger partial charge in [-0.05, 0) is 60.5 Å². The number of rotatable bonds is 10. The Bertz CT molecular complexity index is 408. The van der Waals surface area contributed by atoms with E-state index in [0.717, 1.165) is 25.9 Å². The van der Waals surface area contributed by atoms with Crippen molar-refractivity contribution in [1.82, 2.24) is 4.90 Å². The van der Waals surface area contributed by atoms with Gasteiger partial charge in [-0.3, -0.25) is 4.79 Å². The van der Waals surface area contributed by atoms with Gasteiger partial charge >= 0.3 is 0 Å². The molecule has 1 fully saturated rings. The average Bonchev–Trinajstić information content (AvgIpc) is 3.19. The van der Waals surface area contributed by atoms with Gasteiger partial charge in [0.15, 0.2) is 0 Å². The molecule has 2 rings (SSSR count). The van der Waals surface area contributed by atoms with Gasteiger partial charge in [-0.15, -0.1) is 0 Å². The van der Waals surface area contributed by atoms with Gasteiger partial charge in [0, 0.05) is 19.0 Å². The van der Waals surface area contributed by atoms with Crippen LogP contribution in [0.25, 0.3) is 0 Å². The van der Waals surface area contributed by atoms with Crippen molar-refractivity contribution in [2.45, 2.75) is 64.5 Å². The molecule has 21 heavy (non-hydrogen) atoms. The number of carbonyl (C=O) groups is 1. The van der Waals surface area contributed by atoms with E-state index < -0.39 is 0 Å². The van der Waals surface area contributed by atoms with Crippen molar-refractivity contribution >= 4 is 17.2 Å². The van der Waals surface area contributed by atoms with Gasteiger partial charge in [-0.1, -0.05) is 19.8 Å². The first kappa shape index (κ1) is 16.5. The Morgan fingerprint density at radius 1 is 1.43 bits per heavy atom. The third-order valence-corrected chi connectivity index (χ3v) is 5.01. The van der Waals surface area contributed by atoms with Crippen LogP contribution in [0.15, 0.2) is 16.8 Å².